The summed E-state index contributed by atoms with van der Waals surface area (Å²) >= 11 is 0. The molecule has 1 aliphatic carbocycles. The molecule has 0 aliphatic heterocycles. The molecule has 1 aromatic carbocycles. The third kappa shape index (κ3) is 5.14. The van der Waals surface area contributed by atoms with Crippen molar-refractivity contribution in [3.63, 3.8) is 0 Å². The molecule has 2 unspecified atom stereocenters. The molecule has 0 radical (unpaired) electrons. The molecule has 0 bridgehead atoms. The van der Waals surface area contributed by atoms with Gasteiger partial charge in [-0.3, -0.25) is 4.99 Å². The van der Waals surface area contributed by atoms with Crippen LogP contribution in [0.15, 0.2) is 35.6 Å². The summed E-state index contributed by atoms with van der Waals surface area (Å²) in [5.41, 5.74) is 0.546. The second-order valence-electron chi connectivity index (χ2n) is 6.47. The molecule has 2 aromatic rings. The van der Waals surface area contributed by atoms with E-state index in [0.29, 0.717) is 31.0 Å². The van der Waals surface area contributed by atoms with Gasteiger partial charge in [-0.1, -0.05) is 25.1 Å². The summed E-state index contributed by atoms with van der Waals surface area (Å²) in [6.45, 7) is 3.32. The standard InChI is InChI=1S/C18H23F3N6O/c1-3-16-26-24-11-27(16)9-8-23-17(22-2)25-14-10-13(14)12-6-4-5-7-15(12)28-18(19,20)21/h4-7,11,13-14H,3,8-10H2,1-2H3,(H2,22,23,25). The van der Waals surface area contributed by atoms with Gasteiger partial charge in [-0.05, 0) is 18.1 Å². The van der Waals surface area contributed by atoms with E-state index >= 15 is 0 Å². The minimum Gasteiger partial charge on any atom is -0.405 e. The fraction of sp³-hybridized carbons (Fsp3) is 0.500. The van der Waals surface area contributed by atoms with Crippen LogP contribution in [0.5, 0.6) is 5.75 Å². The van der Waals surface area contributed by atoms with Crippen molar-refractivity contribution in [2.24, 2.45) is 4.99 Å². The van der Waals surface area contributed by atoms with Crippen LogP contribution >= 0.6 is 0 Å². The summed E-state index contributed by atoms with van der Waals surface area (Å²) in [7, 11) is 1.66. The predicted molar refractivity (Wildman–Crippen MR) is 98.2 cm³/mol. The molecule has 28 heavy (non-hydrogen) atoms. The lowest BCUT2D eigenvalue weighted by Gasteiger charge is -2.15. The van der Waals surface area contributed by atoms with E-state index in [9.17, 15) is 13.2 Å². The minimum absolute atomic E-state index is 0.00491. The number of nitrogens with zero attached hydrogens (tertiary/aromatic N) is 4. The molecular weight excluding hydrogens is 373 g/mol. The van der Waals surface area contributed by atoms with Crippen molar-refractivity contribution < 1.29 is 17.9 Å². The minimum atomic E-state index is -4.70. The molecule has 152 valence electrons. The molecule has 1 aliphatic rings. The monoisotopic (exact) mass is 396 g/mol. The number of para-hydroxylation sites is 1. The van der Waals surface area contributed by atoms with Gasteiger partial charge in [0, 0.05) is 38.5 Å². The van der Waals surface area contributed by atoms with Gasteiger partial charge in [-0.15, -0.1) is 23.4 Å². The van der Waals surface area contributed by atoms with Gasteiger partial charge < -0.3 is 19.9 Å². The average molecular weight is 396 g/mol. The molecule has 0 amide bonds. The molecule has 1 saturated carbocycles. The predicted octanol–water partition coefficient (Wildman–Crippen LogP) is 2.46. The number of aliphatic imine (C=N–C) groups is 1. The van der Waals surface area contributed by atoms with Crippen molar-refractivity contribution in [3.8, 4) is 5.75 Å². The van der Waals surface area contributed by atoms with Crippen LogP contribution in [0.2, 0.25) is 0 Å². The Kier molecular flexibility index (Phi) is 6.05. The van der Waals surface area contributed by atoms with E-state index in [1.54, 1.807) is 25.5 Å². The highest BCUT2D eigenvalue weighted by Crippen LogP contribution is 2.45. The summed E-state index contributed by atoms with van der Waals surface area (Å²) in [4.78, 5) is 4.18. The van der Waals surface area contributed by atoms with Crippen LogP contribution in [0, 0.1) is 0 Å². The quantitative estimate of drug-likeness (QED) is 0.556. The van der Waals surface area contributed by atoms with E-state index in [2.05, 4.69) is 30.6 Å². The highest BCUT2D eigenvalue weighted by molar-refractivity contribution is 5.80. The lowest BCUT2D eigenvalue weighted by Crippen LogP contribution is -2.40. The van der Waals surface area contributed by atoms with Gasteiger partial charge in [-0.2, -0.15) is 0 Å². The molecule has 1 aromatic heterocycles. The van der Waals surface area contributed by atoms with Crippen LogP contribution in [-0.2, 0) is 13.0 Å². The number of alkyl halides is 3. The van der Waals surface area contributed by atoms with Gasteiger partial charge in [0.1, 0.15) is 17.9 Å². The number of guanidine groups is 1. The number of nitrogens with one attached hydrogen (secondary N) is 2. The summed E-state index contributed by atoms with van der Waals surface area (Å²) in [6, 6.07) is 6.26. The number of hydrogen-bond acceptors (Lipinski definition) is 4. The molecule has 1 fully saturated rings. The first-order valence-corrected chi connectivity index (χ1v) is 9.09. The molecule has 1 heterocycles. The van der Waals surface area contributed by atoms with Crippen LogP contribution < -0.4 is 15.4 Å². The average Bonchev–Trinajstić information content (AvgIpc) is 3.26. The number of ether oxygens (including phenoxy) is 1. The van der Waals surface area contributed by atoms with Crippen LogP contribution in [0.3, 0.4) is 0 Å². The number of benzene rings is 1. The van der Waals surface area contributed by atoms with Gasteiger partial charge in [0.15, 0.2) is 5.96 Å². The maximum absolute atomic E-state index is 12.6. The molecule has 2 N–H and O–H groups in total. The lowest BCUT2D eigenvalue weighted by molar-refractivity contribution is -0.274. The number of rotatable bonds is 7. The Bertz CT molecular complexity index is 820. The summed E-state index contributed by atoms with van der Waals surface area (Å²) in [5.74, 6) is 1.31. The molecule has 3 rings (SSSR count). The third-order valence-electron chi connectivity index (χ3n) is 4.54. The first kappa shape index (κ1) is 20.0. The fourth-order valence-corrected chi connectivity index (χ4v) is 3.11. The van der Waals surface area contributed by atoms with Gasteiger partial charge in [0.25, 0.3) is 0 Å². The Balaban J connectivity index is 1.53. The molecule has 10 heteroatoms. The topological polar surface area (TPSA) is 76.4 Å². The molecule has 0 spiro atoms. The van der Waals surface area contributed by atoms with E-state index in [-0.39, 0.29) is 17.7 Å². The highest BCUT2D eigenvalue weighted by Gasteiger charge is 2.42. The van der Waals surface area contributed by atoms with Crippen molar-refractivity contribution in [3.05, 3.63) is 42.0 Å². The summed E-state index contributed by atoms with van der Waals surface area (Å²) in [6.07, 6.45) is -1.50. The Labute approximate surface area is 161 Å². The molecular formula is C18H23F3N6O. The number of aromatic nitrogens is 3. The summed E-state index contributed by atoms with van der Waals surface area (Å²) in [5, 5.41) is 14.4. The van der Waals surface area contributed by atoms with Gasteiger partial charge >= 0.3 is 6.36 Å². The lowest BCUT2D eigenvalue weighted by atomic mass is 10.1. The van der Waals surface area contributed by atoms with Gasteiger partial charge in [0.2, 0.25) is 0 Å². The second kappa shape index (κ2) is 8.49. The zero-order valence-corrected chi connectivity index (χ0v) is 15.7. The van der Waals surface area contributed by atoms with Gasteiger partial charge in [-0.25, -0.2) is 0 Å². The number of hydrogen-bond donors (Lipinski definition) is 2. The van der Waals surface area contributed by atoms with E-state index < -0.39 is 6.36 Å². The Hall–Kier alpha value is -2.78. The molecule has 0 saturated heterocycles. The second-order valence-corrected chi connectivity index (χ2v) is 6.47. The Morgan fingerprint density at radius 3 is 2.86 bits per heavy atom. The van der Waals surface area contributed by atoms with E-state index in [4.69, 9.17) is 0 Å². The zero-order valence-electron chi connectivity index (χ0n) is 15.7. The number of aryl methyl sites for hydroxylation is 1. The first-order chi connectivity index (χ1) is 13.4. The largest absolute Gasteiger partial charge is 0.573 e. The number of halogens is 3. The fourth-order valence-electron chi connectivity index (χ4n) is 3.11. The maximum Gasteiger partial charge on any atom is 0.573 e. The molecule has 7 nitrogen and oxygen atoms in total. The SMILES string of the molecule is CCc1nncn1CCNC(=NC)NC1CC1c1ccccc1OC(F)(F)F. The zero-order chi connectivity index (χ0) is 20.1. The Morgan fingerprint density at radius 2 is 2.14 bits per heavy atom. The third-order valence-corrected chi connectivity index (χ3v) is 4.54. The van der Waals surface area contributed by atoms with Crippen molar-refractivity contribution >= 4 is 5.96 Å². The maximum atomic E-state index is 12.6. The van der Waals surface area contributed by atoms with Crippen molar-refractivity contribution in [2.75, 3.05) is 13.6 Å². The Morgan fingerprint density at radius 1 is 1.36 bits per heavy atom. The normalized spacial score (nSPS) is 19.4. The van der Waals surface area contributed by atoms with Crippen molar-refractivity contribution in [2.45, 2.75) is 44.6 Å². The molecule has 2 atom stereocenters. The van der Waals surface area contributed by atoms with Crippen LogP contribution in [0.4, 0.5) is 13.2 Å². The van der Waals surface area contributed by atoms with E-state index in [1.807, 2.05) is 11.5 Å². The van der Waals surface area contributed by atoms with Gasteiger partial charge in [0.05, 0.1) is 0 Å². The van der Waals surface area contributed by atoms with E-state index in [1.165, 1.54) is 12.1 Å². The summed E-state index contributed by atoms with van der Waals surface area (Å²) < 4.78 is 43.9. The van der Waals surface area contributed by atoms with E-state index in [0.717, 1.165) is 12.2 Å². The first-order valence-electron chi connectivity index (χ1n) is 9.09. The van der Waals surface area contributed by atoms with Crippen LogP contribution in [0.25, 0.3) is 0 Å². The smallest absolute Gasteiger partial charge is 0.405 e. The van der Waals surface area contributed by atoms with Crippen LogP contribution in [0.1, 0.15) is 30.7 Å². The van der Waals surface area contributed by atoms with Crippen molar-refractivity contribution in [1.82, 2.24) is 25.4 Å². The van der Waals surface area contributed by atoms with Crippen LogP contribution in [-0.4, -0.2) is 46.7 Å². The highest BCUT2D eigenvalue weighted by atomic mass is 19.4. The van der Waals surface area contributed by atoms with Crippen molar-refractivity contribution in [1.29, 1.82) is 0 Å².